The molecular formula is C49H31N3O. The number of aliphatic imine (C=N–C) groups is 2. The van der Waals surface area contributed by atoms with Gasteiger partial charge >= 0.3 is 0 Å². The van der Waals surface area contributed by atoms with Gasteiger partial charge in [-0.05, 0) is 79.0 Å². The predicted octanol–water partition coefficient (Wildman–Crippen LogP) is 12.2. The van der Waals surface area contributed by atoms with Crippen molar-refractivity contribution in [3.63, 3.8) is 0 Å². The van der Waals surface area contributed by atoms with Gasteiger partial charge in [0.1, 0.15) is 23.2 Å². The van der Waals surface area contributed by atoms with Gasteiger partial charge in [0.15, 0.2) is 5.84 Å². The molecule has 0 radical (unpaired) electrons. The van der Waals surface area contributed by atoms with Crippen LogP contribution in [0.2, 0.25) is 0 Å². The smallest absolute Gasteiger partial charge is 0.159 e. The number of nitrogens with one attached hydrogen (secondary N) is 1. The summed E-state index contributed by atoms with van der Waals surface area (Å²) < 4.78 is 6.63. The molecule has 2 heterocycles. The lowest BCUT2D eigenvalue weighted by Gasteiger charge is -2.24. The van der Waals surface area contributed by atoms with E-state index in [2.05, 4.69) is 157 Å². The molecule has 0 amide bonds. The second kappa shape index (κ2) is 11.8. The molecule has 0 saturated heterocycles. The summed E-state index contributed by atoms with van der Waals surface area (Å²) in [4.78, 5) is 10.5. The zero-order valence-electron chi connectivity index (χ0n) is 28.6. The van der Waals surface area contributed by atoms with Crippen molar-refractivity contribution in [2.75, 3.05) is 0 Å². The van der Waals surface area contributed by atoms with E-state index in [4.69, 9.17) is 14.4 Å². The Kier molecular flexibility index (Phi) is 6.58. The third-order valence-corrected chi connectivity index (χ3v) is 10.7. The van der Waals surface area contributed by atoms with Gasteiger partial charge in [0.2, 0.25) is 0 Å². The fourth-order valence-corrected chi connectivity index (χ4v) is 8.22. The standard InChI is InChI=1S/C49H31N3O/c1-3-12-30(13-4-1)31-22-24-33(25-23-31)48-50-47(32-14-5-2-6-15-32)51-49(52-48)42-28-34(29-44-46(42)41-18-9-10-21-43(41)53-44)35-26-27-40-37-17-8-7-16-36(37)39-20-11-19-38(35)45(39)40/h1-29,47H,(H,50,51,52). The van der Waals surface area contributed by atoms with Crippen LogP contribution in [-0.2, 0) is 0 Å². The number of amidine groups is 2. The number of benzene rings is 8. The van der Waals surface area contributed by atoms with Gasteiger partial charge in [0.25, 0.3) is 0 Å². The van der Waals surface area contributed by atoms with Crippen LogP contribution in [0.4, 0.5) is 0 Å². The number of nitrogens with zero attached hydrogens (tertiary/aromatic N) is 2. The maximum atomic E-state index is 6.63. The number of hydrogen-bond donors (Lipinski definition) is 1. The third-order valence-electron chi connectivity index (χ3n) is 10.7. The molecule has 8 aromatic carbocycles. The first-order valence-corrected chi connectivity index (χ1v) is 18.0. The van der Waals surface area contributed by atoms with Crippen molar-refractivity contribution in [3.8, 4) is 44.5 Å². The van der Waals surface area contributed by atoms with E-state index in [-0.39, 0.29) is 6.17 Å². The number of rotatable bonds is 5. The zero-order valence-corrected chi connectivity index (χ0v) is 28.6. The fourth-order valence-electron chi connectivity index (χ4n) is 8.22. The molecule has 4 heteroatoms. The van der Waals surface area contributed by atoms with Crippen LogP contribution in [0.3, 0.4) is 0 Å². The highest BCUT2D eigenvalue weighted by Crippen LogP contribution is 2.49. The minimum Gasteiger partial charge on any atom is -0.456 e. The summed E-state index contributed by atoms with van der Waals surface area (Å²) in [5.41, 5.74) is 14.4. The lowest BCUT2D eigenvalue weighted by Crippen LogP contribution is -2.33. The Bertz CT molecular complexity index is 2930. The van der Waals surface area contributed by atoms with Crippen LogP contribution in [0.1, 0.15) is 22.9 Å². The first-order valence-electron chi connectivity index (χ1n) is 18.0. The highest BCUT2D eigenvalue weighted by Gasteiger charge is 2.26. The van der Waals surface area contributed by atoms with E-state index in [0.717, 1.165) is 61.2 Å². The minimum atomic E-state index is -0.334. The van der Waals surface area contributed by atoms with Crippen LogP contribution in [0.15, 0.2) is 190 Å². The molecule has 1 unspecified atom stereocenters. The predicted molar refractivity (Wildman–Crippen MR) is 218 cm³/mol. The summed E-state index contributed by atoms with van der Waals surface area (Å²) in [6.45, 7) is 0. The van der Waals surface area contributed by atoms with Gasteiger partial charge in [-0.1, -0.05) is 158 Å². The van der Waals surface area contributed by atoms with Gasteiger partial charge in [-0.15, -0.1) is 0 Å². The Balaban J connectivity index is 1.12. The second-order valence-corrected chi connectivity index (χ2v) is 13.7. The van der Waals surface area contributed by atoms with Crippen molar-refractivity contribution in [2.24, 2.45) is 9.98 Å². The highest BCUT2D eigenvalue weighted by molar-refractivity contribution is 6.24. The Labute approximate surface area is 306 Å². The van der Waals surface area contributed by atoms with Gasteiger partial charge in [-0.25, -0.2) is 9.98 Å². The van der Waals surface area contributed by atoms with Gasteiger partial charge in [0.05, 0.1) is 0 Å². The van der Waals surface area contributed by atoms with Crippen LogP contribution in [0.25, 0.3) is 77.2 Å². The number of furan rings is 1. The molecule has 1 aliphatic carbocycles. The van der Waals surface area contributed by atoms with Gasteiger partial charge in [-0.3, -0.25) is 0 Å². The van der Waals surface area contributed by atoms with Crippen LogP contribution in [-0.4, -0.2) is 11.7 Å². The highest BCUT2D eigenvalue weighted by atomic mass is 16.3. The van der Waals surface area contributed by atoms with Crippen molar-refractivity contribution in [2.45, 2.75) is 6.17 Å². The average Bonchev–Trinajstić information content (AvgIpc) is 3.78. The van der Waals surface area contributed by atoms with Crippen LogP contribution < -0.4 is 5.32 Å². The average molecular weight is 678 g/mol. The molecule has 0 saturated carbocycles. The van der Waals surface area contributed by atoms with E-state index in [0.29, 0.717) is 5.84 Å². The third kappa shape index (κ3) is 4.77. The molecule has 1 N–H and O–H groups in total. The lowest BCUT2D eigenvalue weighted by molar-refractivity contribution is 0.668. The first-order chi connectivity index (χ1) is 26.3. The molecule has 4 nitrogen and oxygen atoms in total. The summed E-state index contributed by atoms with van der Waals surface area (Å²) in [6, 6.07) is 62.1. The summed E-state index contributed by atoms with van der Waals surface area (Å²) in [7, 11) is 0. The van der Waals surface area contributed by atoms with Crippen molar-refractivity contribution < 1.29 is 4.42 Å². The molecule has 0 bridgehead atoms. The number of fused-ring (bicyclic) bond motifs is 6. The topological polar surface area (TPSA) is 49.9 Å². The van der Waals surface area contributed by atoms with Crippen LogP contribution in [0, 0.1) is 0 Å². The maximum Gasteiger partial charge on any atom is 0.159 e. The van der Waals surface area contributed by atoms with E-state index in [1.54, 1.807) is 0 Å². The maximum absolute atomic E-state index is 6.63. The summed E-state index contributed by atoms with van der Waals surface area (Å²) in [6.07, 6.45) is -0.334. The molecule has 0 spiro atoms. The van der Waals surface area contributed by atoms with Crippen molar-refractivity contribution in [3.05, 3.63) is 193 Å². The lowest BCUT2D eigenvalue weighted by atomic mass is 9.92. The molecule has 0 fully saturated rings. The molecule has 248 valence electrons. The van der Waals surface area contributed by atoms with Crippen LogP contribution in [0.5, 0.6) is 0 Å². The van der Waals surface area contributed by atoms with Gasteiger partial charge in [0, 0.05) is 21.9 Å². The first kappa shape index (κ1) is 29.7. The van der Waals surface area contributed by atoms with E-state index in [9.17, 15) is 0 Å². The van der Waals surface area contributed by atoms with Gasteiger partial charge < -0.3 is 9.73 Å². The zero-order chi connectivity index (χ0) is 34.9. The Morgan fingerprint density at radius 3 is 1.85 bits per heavy atom. The van der Waals surface area contributed by atoms with E-state index in [1.807, 2.05) is 24.3 Å². The normalized spacial score (nSPS) is 14.6. The molecule has 11 rings (SSSR count). The fraction of sp³-hybridized carbons (Fsp3) is 0.0204. The second-order valence-electron chi connectivity index (χ2n) is 13.7. The van der Waals surface area contributed by atoms with Crippen molar-refractivity contribution >= 4 is 44.4 Å². The van der Waals surface area contributed by atoms with Crippen molar-refractivity contribution in [1.29, 1.82) is 0 Å². The Morgan fingerprint density at radius 2 is 1.04 bits per heavy atom. The summed E-state index contributed by atoms with van der Waals surface area (Å²) in [5.74, 6) is 1.44. The quantitative estimate of drug-likeness (QED) is 0.197. The molecule has 53 heavy (non-hydrogen) atoms. The van der Waals surface area contributed by atoms with Gasteiger partial charge in [-0.2, -0.15) is 0 Å². The summed E-state index contributed by atoms with van der Waals surface area (Å²) >= 11 is 0. The number of para-hydroxylation sites is 1. The Hall–Kier alpha value is -7.04. The largest absolute Gasteiger partial charge is 0.456 e. The van der Waals surface area contributed by atoms with Crippen LogP contribution >= 0.6 is 0 Å². The summed E-state index contributed by atoms with van der Waals surface area (Å²) in [5, 5.41) is 8.34. The molecule has 1 atom stereocenters. The molecule has 2 aliphatic rings. The molecular weight excluding hydrogens is 647 g/mol. The monoisotopic (exact) mass is 677 g/mol. The minimum absolute atomic E-state index is 0.334. The molecule has 1 aliphatic heterocycles. The molecule has 9 aromatic rings. The van der Waals surface area contributed by atoms with Crippen molar-refractivity contribution in [1.82, 2.24) is 5.32 Å². The van der Waals surface area contributed by atoms with E-state index < -0.39 is 0 Å². The Morgan fingerprint density at radius 1 is 0.415 bits per heavy atom. The van der Waals surface area contributed by atoms with E-state index >= 15 is 0 Å². The SMILES string of the molecule is c1ccc(-c2ccc(C3=NC(c4ccccc4)NC(c4cc(-c5ccc6c7c(cccc57)-c5ccccc5-6)cc5oc6ccccc6c45)=N3)cc2)cc1. The molecule has 1 aromatic heterocycles. The number of hydrogen-bond acceptors (Lipinski definition) is 4. The van der Waals surface area contributed by atoms with E-state index in [1.165, 1.54) is 38.6 Å².